The number of thiocarbonyl (C=S) groups is 1. The predicted molar refractivity (Wildman–Crippen MR) is 103 cm³/mol. The van der Waals surface area contributed by atoms with E-state index in [1.54, 1.807) is 7.11 Å². The standard InChI is InChI=1S/C16H18ClN3O2S2/c1-19-5-7-20(8-6-19)16(23)18-15(21)14-13(17)11-4-3-10(22-2)9-12(11)24-14/h3-4,9H,5-8H2,1-2H3,(H,18,21,23). The van der Waals surface area contributed by atoms with Crippen molar-refractivity contribution in [2.75, 3.05) is 40.3 Å². The van der Waals surface area contributed by atoms with Crippen LogP contribution in [0.4, 0.5) is 0 Å². The van der Waals surface area contributed by atoms with Crippen molar-refractivity contribution in [2.24, 2.45) is 0 Å². The second-order valence-electron chi connectivity index (χ2n) is 5.66. The van der Waals surface area contributed by atoms with E-state index in [1.807, 2.05) is 23.1 Å². The Kier molecular flexibility index (Phi) is 5.24. The molecule has 128 valence electrons. The highest BCUT2D eigenvalue weighted by Crippen LogP contribution is 2.37. The van der Waals surface area contributed by atoms with Crippen LogP contribution in [0.2, 0.25) is 5.02 Å². The third kappa shape index (κ3) is 3.49. The van der Waals surface area contributed by atoms with E-state index in [0.717, 1.165) is 42.0 Å². The van der Waals surface area contributed by atoms with Gasteiger partial charge in [-0.25, -0.2) is 0 Å². The third-order valence-electron chi connectivity index (χ3n) is 4.05. The summed E-state index contributed by atoms with van der Waals surface area (Å²) in [5.41, 5.74) is 0. The van der Waals surface area contributed by atoms with Crippen LogP contribution < -0.4 is 10.1 Å². The van der Waals surface area contributed by atoms with E-state index in [0.29, 0.717) is 15.0 Å². The van der Waals surface area contributed by atoms with Crippen molar-refractivity contribution < 1.29 is 9.53 Å². The number of likely N-dealkylation sites (N-methyl/N-ethyl adjacent to an activating group) is 1. The molecule has 0 bridgehead atoms. The Balaban J connectivity index is 1.76. The first-order valence-corrected chi connectivity index (χ1v) is 9.14. The molecule has 1 N–H and O–H groups in total. The minimum absolute atomic E-state index is 0.260. The quantitative estimate of drug-likeness (QED) is 0.808. The molecule has 1 amide bonds. The molecule has 3 rings (SSSR count). The Bertz CT molecular complexity index is 785. The van der Waals surface area contributed by atoms with Crippen molar-refractivity contribution >= 4 is 56.3 Å². The molecular formula is C16H18ClN3O2S2. The Morgan fingerprint density at radius 1 is 1.33 bits per heavy atom. The van der Waals surface area contributed by atoms with E-state index in [9.17, 15) is 4.79 Å². The molecule has 1 aliphatic heterocycles. The van der Waals surface area contributed by atoms with Gasteiger partial charge in [0.25, 0.3) is 5.91 Å². The molecule has 2 heterocycles. The molecule has 8 heteroatoms. The predicted octanol–water partition coefficient (Wildman–Crippen LogP) is 2.83. The first-order chi connectivity index (χ1) is 11.5. The lowest BCUT2D eigenvalue weighted by Gasteiger charge is -2.33. The molecule has 0 atom stereocenters. The molecule has 1 aromatic heterocycles. The van der Waals surface area contributed by atoms with Crippen LogP contribution in [0.3, 0.4) is 0 Å². The van der Waals surface area contributed by atoms with Gasteiger partial charge >= 0.3 is 0 Å². The van der Waals surface area contributed by atoms with Crippen LogP contribution in [-0.2, 0) is 0 Å². The second kappa shape index (κ2) is 7.23. The number of rotatable bonds is 2. The summed E-state index contributed by atoms with van der Waals surface area (Å²) in [5.74, 6) is 0.476. The molecule has 5 nitrogen and oxygen atoms in total. The average Bonchev–Trinajstić information content (AvgIpc) is 2.91. The second-order valence-corrected chi connectivity index (χ2v) is 7.47. The normalized spacial score (nSPS) is 15.5. The summed E-state index contributed by atoms with van der Waals surface area (Å²) in [5, 5.41) is 4.56. The molecule has 0 spiro atoms. The zero-order chi connectivity index (χ0) is 17.3. The van der Waals surface area contributed by atoms with E-state index in [4.69, 9.17) is 28.6 Å². The molecule has 0 unspecified atom stereocenters. The monoisotopic (exact) mass is 383 g/mol. The van der Waals surface area contributed by atoms with Gasteiger partial charge in [0, 0.05) is 36.3 Å². The number of nitrogens with zero attached hydrogens (tertiary/aromatic N) is 2. The fraction of sp³-hybridized carbons (Fsp3) is 0.375. The van der Waals surface area contributed by atoms with Crippen LogP contribution in [0.5, 0.6) is 5.75 Å². The van der Waals surface area contributed by atoms with E-state index in [-0.39, 0.29) is 5.91 Å². The number of ether oxygens (including phenoxy) is 1. The molecule has 0 saturated carbocycles. The number of methoxy groups -OCH3 is 1. The van der Waals surface area contributed by atoms with Gasteiger partial charge in [-0.1, -0.05) is 11.6 Å². The highest BCUT2D eigenvalue weighted by atomic mass is 35.5. The zero-order valence-electron chi connectivity index (χ0n) is 13.5. The summed E-state index contributed by atoms with van der Waals surface area (Å²) in [6.45, 7) is 3.48. The number of nitrogens with one attached hydrogen (secondary N) is 1. The van der Waals surface area contributed by atoms with E-state index < -0.39 is 0 Å². The number of benzene rings is 1. The Morgan fingerprint density at radius 3 is 2.71 bits per heavy atom. The summed E-state index contributed by atoms with van der Waals surface area (Å²) < 4.78 is 6.13. The van der Waals surface area contributed by atoms with E-state index >= 15 is 0 Å². The average molecular weight is 384 g/mol. The van der Waals surface area contributed by atoms with Crippen molar-refractivity contribution in [3.8, 4) is 5.75 Å². The molecule has 0 radical (unpaired) electrons. The number of amides is 1. The number of thiophene rings is 1. The molecule has 2 aromatic rings. The van der Waals surface area contributed by atoms with Crippen LogP contribution in [0, 0.1) is 0 Å². The van der Waals surface area contributed by atoms with Gasteiger partial charge in [-0.2, -0.15) is 0 Å². The lowest BCUT2D eigenvalue weighted by molar-refractivity contribution is 0.0975. The number of hydrogen-bond acceptors (Lipinski definition) is 5. The summed E-state index contributed by atoms with van der Waals surface area (Å²) in [6.07, 6.45) is 0. The van der Waals surface area contributed by atoms with Gasteiger partial charge in [-0.05, 0) is 37.5 Å². The number of piperazine rings is 1. The summed E-state index contributed by atoms with van der Waals surface area (Å²) in [4.78, 5) is 17.3. The van der Waals surface area contributed by atoms with E-state index in [1.165, 1.54) is 11.3 Å². The molecule has 1 aliphatic rings. The zero-order valence-corrected chi connectivity index (χ0v) is 15.9. The van der Waals surface area contributed by atoms with Gasteiger partial charge in [0.1, 0.15) is 10.6 Å². The number of carbonyl (C=O) groups excluding carboxylic acids is 1. The number of fused-ring (bicyclic) bond motifs is 1. The van der Waals surface area contributed by atoms with Crippen molar-refractivity contribution in [3.05, 3.63) is 28.1 Å². The van der Waals surface area contributed by atoms with Crippen LogP contribution in [0.25, 0.3) is 10.1 Å². The Labute approximate surface area is 155 Å². The summed E-state index contributed by atoms with van der Waals surface area (Å²) in [7, 11) is 3.68. The largest absolute Gasteiger partial charge is 0.497 e. The molecule has 1 saturated heterocycles. The maximum atomic E-state index is 12.6. The van der Waals surface area contributed by atoms with E-state index in [2.05, 4.69) is 17.3 Å². The van der Waals surface area contributed by atoms with Crippen molar-refractivity contribution in [3.63, 3.8) is 0 Å². The fourth-order valence-electron chi connectivity index (χ4n) is 2.56. The topological polar surface area (TPSA) is 44.8 Å². The first kappa shape index (κ1) is 17.4. The van der Waals surface area contributed by atoms with Gasteiger partial charge in [0.2, 0.25) is 0 Å². The Hall–Kier alpha value is -1.41. The van der Waals surface area contributed by atoms with Gasteiger partial charge in [-0.3, -0.25) is 10.1 Å². The maximum Gasteiger partial charge on any atom is 0.269 e. The Morgan fingerprint density at radius 2 is 2.04 bits per heavy atom. The molecular weight excluding hydrogens is 366 g/mol. The SMILES string of the molecule is COc1ccc2c(Cl)c(C(=O)NC(=S)N3CCN(C)CC3)sc2c1. The van der Waals surface area contributed by atoms with Crippen molar-refractivity contribution in [2.45, 2.75) is 0 Å². The van der Waals surface area contributed by atoms with Crippen LogP contribution >= 0.6 is 35.2 Å². The number of halogens is 1. The minimum Gasteiger partial charge on any atom is -0.497 e. The van der Waals surface area contributed by atoms with Crippen molar-refractivity contribution in [1.29, 1.82) is 0 Å². The van der Waals surface area contributed by atoms with Gasteiger partial charge in [-0.15, -0.1) is 11.3 Å². The fourth-order valence-corrected chi connectivity index (χ4v) is 4.28. The van der Waals surface area contributed by atoms with Crippen LogP contribution in [0.1, 0.15) is 9.67 Å². The van der Waals surface area contributed by atoms with Gasteiger partial charge in [0.05, 0.1) is 12.1 Å². The maximum absolute atomic E-state index is 12.6. The van der Waals surface area contributed by atoms with Crippen molar-refractivity contribution in [1.82, 2.24) is 15.1 Å². The minimum atomic E-state index is -0.260. The third-order valence-corrected chi connectivity index (χ3v) is 6.07. The van der Waals surface area contributed by atoms with Gasteiger partial charge in [0.15, 0.2) is 5.11 Å². The molecule has 24 heavy (non-hydrogen) atoms. The lowest BCUT2D eigenvalue weighted by Crippen LogP contribution is -2.51. The van der Waals surface area contributed by atoms with Gasteiger partial charge < -0.3 is 14.5 Å². The lowest BCUT2D eigenvalue weighted by atomic mass is 10.2. The smallest absolute Gasteiger partial charge is 0.269 e. The number of carbonyl (C=O) groups is 1. The first-order valence-electron chi connectivity index (χ1n) is 7.54. The highest BCUT2D eigenvalue weighted by Gasteiger charge is 2.22. The summed E-state index contributed by atoms with van der Waals surface area (Å²) in [6, 6.07) is 5.57. The summed E-state index contributed by atoms with van der Waals surface area (Å²) >= 11 is 13.1. The van der Waals surface area contributed by atoms with Crippen LogP contribution in [-0.4, -0.2) is 61.2 Å². The highest BCUT2D eigenvalue weighted by molar-refractivity contribution is 7.80. The van der Waals surface area contributed by atoms with Crippen LogP contribution in [0.15, 0.2) is 18.2 Å². The molecule has 1 fully saturated rings. The molecule has 0 aliphatic carbocycles. The molecule has 1 aromatic carbocycles. The number of hydrogen-bond donors (Lipinski definition) is 1.